The van der Waals surface area contributed by atoms with Crippen LogP contribution >= 0.6 is 11.6 Å². The van der Waals surface area contributed by atoms with Gasteiger partial charge in [-0.2, -0.15) is 4.98 Å². The Bertz CT molecular complexity index is 951. The Morgan fingerprint density at radius 3 is 3.19 bits per heavy atom. The molecule has 4 rings (SSSR count). The van der Waals surface area contributed by atoms with Crippen LogP contribution in [-0.2, 0) is 17.9 Å². The molecule has 142 valence electrons. The van der Waals surface area contributed by atoms with Gasteiger partial charge in [-0.05, 0) is 38.0 Å². The number of oxazole rings is 1. The van der Waals surface area contributed by atoms with E-state index in [9.17, 15) is 4.79 Å². The number of imidazole rings is 1. The highest BCUT2D eigenvalue weighted by Gasteiger charge is 2.28. The van der Waals surface area contributed by atoms with Crippen LogP contribution in [0.5, 0.6) is 0 Å². The van der Waals surface area contributed by atoms with E-state index in [1.807, 2.05) is 15.5 Å². The largest absolute Gasteiger partial charge is 0.423 e. The molecule has 1 aliphatic heterocycles. The standard InChI is InChI=1S/C19H22ClN5O2/c1-2-24-12-21-9-15(24)10-22-18(26)13-4-3-7-25(11-13)19-23-16-8-14(20)5-6-17(16)27-19/h5-6,8-9,12-13H,2-4,7,10-11H2,1H3,(H,22,26). The van der Waals surface area contributed by atoms with E-state index in [4.69, 9.17) is 16.0 Å². The normalized spacial score (nSPS) is 17.4. The third kappa shape index (κ3) is 3.78. The van der Waals surface area contributed by atoms with Crippen molar-refractivity contribution in [3.8, 4) is 0 Å². The topological polar surface area (TPSA) is 76.2 Å². The summed E-state index contributed by atoms with van der Waals surface area (Å²) >= 11 is 6.02. The lowest BCUT2D eigenvalue weighted by Crippen LogP contribution is -2.43. The highest BCUT2D eigenvalue weighted by Crippen LogP contribution is 2.28. The predicted molar refractivity (Wildman–Crippen MR) is 104 cm³/mol. The number of benzene rings is 1. The fourth-order valence-electron chi connectivity index (χ4n) is 3.49. The van der Waals surface area contributed by atoms with Crippen molar-refractivity contribution >= 4 is 34.6 Å². The molecule has 7 nitrogen and oxygen atoms in total. The monoisotopic (exact) mass is 387 g/mol. The van der Waals surface area contributed by atoms with E-state index in [1.54, 1.807) is 24.7 Å². The number of carbonyl (C=O) groups is 1. The maximum Gasteiger partial charge on any atom is 0.298 e. The molecule has 0 spiro atoms. The van der Waals surface area contributed by atoms with Gasteiger partial charge in [-0.3, -0.25) is 4.79 Å². The van der Waals surface area contributed by atoms with Gasteiger partial charge in [0.25, 0.3) is 6.01 Å². The van der Waals surface area contributed by atoms with Gasteiger partial charge in [-0.25, -0.2) is 4.98 Å². The Kier molecular flexibility index (Phi) is 5.03. The lowest BCUT2D eigenvalue weighted by Gasteiger charge is -2.30. The van der Waals surface area contributed by atoms with Gasteiger partial charge in [0.05, 0.1) is 24.5 Å². The van der Waals surface area contributed by atoms with Crippen LogP contribution in [0.2, 0.25) is 5.02 Å². The maximum absolute atomic E-state index is 12.7. The maximum atomic E-state index is 12.7. The number of carbonyl (C=O) groups excluding carboxylic acids is 1. The van der Waals surface area contributed by atoms with Crippen LogP contribution in [0.4, 0.5) is 6.01 Å². The van der Waals surface area contributed by atoms with E-state index in [-0.39, 0.29) is 11.8 Å². The Morgan fingerprint density at radius 2 is 2.33 bits per heavy atom. The van der Waals surface area contributed by atoms with Gasteiger partial charge < -0.3 is 19.2 Å². The zero-order valence-electron chi connectivity index (χ0n) is 15.2. The summed E-state index contributed by atoms with van der Waals surface area (Å²) < 4.78 is 7.88. The number of rotatable bonds is 5. The zero-order chi connectivity index (χ0) is 18.8. The second-order valence-corrected chi connectivity index (χ2v) is 7.22. The Labute approximate surface area is 162 Å². The summed E-state index contributed by atoms with van der Waals surface area (Å²) in [6, 6.07) is 5.94. The molecule has 1 atom stereocenters. The molecule has 3 aromatic rings. The van der Waals surface area contributed by atoms with E-state index >= 15 is 0 Å². The highest BCUT2D eigenvalue weighted by molar-refractivity contribution is 6.31. The first-order valence-corrected chi connectivity index (χ1v) is 9.59. The first-order valence-electron chi connectivity index (χ1n) is 9.22. The van der Waals surface area contributed by atoms with Gasteiger partial charge in [0, 0.05) is 30.9 Å². The highest BCUT2D eigenvalue weighted by atomic mass is 35.5. The van der Waals surface area contributed by atoms with Crippen molar-refractivity contribution in [3.05, 3.63) is 41.4 Å². The van der Waals surface area contributed by atoms with E-state index in [0.717, 1.165) is 37.1 Å². The van der Waals surface area contributed by atoms with Crippen molar-refractivity contribution in [2.45, 2.75) is 32.9 Å². The summed E-state index contributed by atoms with van der Waals surface area (Å²) in [4.78, 5) is 23.4. The number of halogens is 1. The first kappa shape index (κ1) is 17.9. The second kappa shape index (κ2) is 7.60. The van der Waals surface area contributed by atoms with Gasteiger partial charge in [0.15, 0.2) is 5.58 Å². The lowest BCUT2D eigenvalue weighted by atomic mass is 9.97. The van der Waals surface area contributed by atoms with Crippen LogP contribution < -0.4 is 10.2 Å². The molecule has 1 unspecified atom stereocenters. The predicted octanol–water partition coefficient (Wildman–Crippen LogP) is 3.23. The fraction of sp³-hybridized carbons (Fsp3) is 0.421. The van der Waals surface area contributed by atoms with Crippen LogP contribution in [0.1, 0.15) is 25.5 Å². The Balaban J connectivity index is 1.41. The average molecular weight is 388 g/mol. The van der Waals surface area contributed by atoms with E-state index in [0.29, 0.717) is 29.7 Å². The van der Waals surface area contributed by atoms with Crippen molar-refractivity contribution in [2.75, 3.05) is 18.0 Å². The zero-order valence-corrected chi connectivity index (χ0v) is 15.9. The molecule has 1 aliphatic rings. The number of nitrogens with zero attached hydrogens (tertiary/aromatic N) is 4. The van der Waals surface area contributed by atoms with Gasteiger partial charge in [-0.15, -0.1) is 0 Å². The summed E-state index contributed by atoms with van der Waals surface area (Å²) in [5, 5.41) is 3.67. The van der Waals surface area contributed by atoms with Crippen molar-refractivity contribution in [3.63, 3.8) is 0 Å². The number of fused-ring (bicyclic) bond motifs is 1. The molecule has 1 saturated heterocycles. The van der Waals surface area contributed by atoms with Crippen molar-refractivity contribution in [1.82, 2.24) is 19.9 Å². The van der Waals surface area contributed by atoms with Crippen LogP contribution in [0.3, 0.4) is 0 Å². The number of aryl methyl sites for hydroxylation is 1. The minimum absolute atomic E-state index is 0.0581. The molecule has 27 heavy (non-hydrogen) atoms. The molecule has 8 heteroatoms. The van der Waals surface area contributed by atoms with Gasteiger partial charge >= 0.3 is 0 Å². The Hall–Kier alpha value is -2.54. The van der Waals surface area contributed by atoms with Gasteiger partial charge in [0.2, 0.25) is 5.91 Å². The number of anilines is 1. The molecule has 3 heterocycles. The Morgan fingerprint density at radius 1 is 1.44 bits per heavy atom. The summed E-state index contributed by atoms with van der Waals surface area (Å²) in [6.45, 7) is 4.81. The van der Waals surface area contributed by atoms with Crippen molar-refractivity contribution in [1.29, 1.82) is 0 Å². The molecule has 2 aromatic heterocycles. The lowest BCUT2D eigenvalue weighted by molar-refractivity contribution is -0.125. The number of aromatic nitrogens is 3. The number of piperidine rings is 1. The SMILES string of the molecule is CCn1cncc1CNC(=O)C1CCCN(c2nc3cc(Cl)ccc3o2)C1. The molecule has 0 aliphatic carbocycles. The van der Waals surface area contributed by atoms with Crippen LogP contribution in [0.15, 0.2) is 35.1 Å². The van der Waals surface area contributed by atoms with Crippen LogP contribution in [0, 0.1) is 5.92 Å². The molecule has 1 N–H and O–H groups in total. The quantitative estimate of drug-likeness (QED) is 0.727. The number of nitrogens with one attached hydrogen (secondary N) is 1. The summed E-state index contributed by atoms with van der Waals surface area (Å²) in [5.41, 5.74) is 2.44. The van der Waals surface area contributed by atoms with Gasteiger partial charge in [-0.1, -0.05) is 11.6 Å². The average Bonchev–Trinajstić information content (AvgIpc) is 3.32. The van der Waals surface area contributed by atoms with E-state index in [1.165, 1.54) is 0 Å². The minimum Gasteiger partial charge on any atom is -0.423 e. The van der Waals surface area contributed by atoms with E-state index in [2.05, 4.69) is 22.2 Å². The van der Waals surface area contributed by atoms with Crippen molar-refractivity contribution < 1.29 is 9.21 Å². The third-order valence-corrected chi connectivity index (χ3v) is 5.22. The molecular formula is C19H22ClN5O2. The molecule has 0 saturated carbocycles. The molecule has 0 bridgehead atoms. The van der Waals surface area contributed by atoms with E-state index < -0.39 is 0 Å². The van der Waals surface area contributed by atoms with Crippen LogP contribution in [-0.4, -0.2) is 33.5 Å². The third-order valence-electron chi connectivity index (χ3n) is 4.98. The molecule has 0 radical (unpaired) electrons. The summed E-state index contributed by atoms with van der Waals surface area (Å²) in [6.07, 6.45) is 5.36. The molecule has 1 amide bonds. The number of amides is 1. The minimum atomic E-state index is -0.0876. The van der Waals surface area contributed by atoms with Gasteiger partial charge in [0.1, 0.15) is 5.52 Å². The fourth-order valence-corrected chi connectivity index (χ4v) is 3.66. The molecular weight excluding hydrogens is 366 g/mol. The number of hydrogen-bond acceptors (Lipinski definition) is 5. The molecule has 1 fully saturated rings. The number of hydrogen-bond donors (Lipinski definition) is 1. The molecule has 1 aromatic carbocycles. The van der Waals surface area contributed by atoms with Crippen LogP contribution in [0.25, 0.3) is 11.1 Å². The smallest absolute Gasteiger partial charge is 0.298 e. The summed E-state index contributed by atoms with van der Waals surface area (Å²) in [7, 11) is 0. The summed E-state index contributed by atoms with van der Waals surface area (Å²) in [5.74, 6) is -0.0296. The first-order chi connectivity index (χ1) is 13.1. The van der Waals surface area contributed by atoms with Crippen molar-refractivity contribution in [2.24, 2.45) is 5.92 Å². The second-order valence-electron chi connectivity index (χ2n) is 6.78.